The number of furan rings is 1. The first kappa shape index (κ1) is 18.4. The quantitative estimate of drug-likeness (QED) is 0.517. The maximum absolute atomic E-state index is 13.1. The van der Waals surface area contributed by atoms with Crippen LogP contribution in [0, 0.1) is 0 Å². The van der Waals surface area contributed by atoms with Crippen molar-refractivity contribution in [3.05, 3.63) is 71.7 Å². The Morgan fingerprint density at radius 2 is 2.00 bits per heavy atom. The molecule has 4 aromatic rings. The second-order valence-corrected chi connectivity index (χ2v) is 7.57. The Hall–Kier alpha value is -3.61. The number of carbonyl (C=O) groups is 1. The van der Waals surface area contributed by atoms with Crippen molar-refractivity contribution in [2.45, 2.75) is 31.7 Å². The Labute approximate surface area is 173 Å². The summed E-state index contributed by atoms with van der Waals surface area (Å²) < 4.78 is 13.1. The molecule has 7 heteroatoms. The number of fused-ring (bicyclic) bond motifs is 1. The van der Waals surface area contributed by atoms with E-state index in [0.29, 0.717) is 28.7 Å². The molecule has 1 aliphatic carbocycles. The molecule has 0 bridgehead atoms. The predicted octanol–water partition coefficient (Wildman–Crippen LogP) is 4.39. The number of methoxy groups -OCH3 is 1. The van der Waals surface area contributed by atoms with Crippen molar-refractivity contribution in [2.75, 3.05) is 7.11 Å². The van der Waals surface area contributed by atoms with Gasteiger partial charge in [-0.3, -0.25) is 4.79 Å². The van der Waals surface area contributed by atoms with E-state index in [-0.39, 0.29) is 11.9 Å². The molecule has 0 radical (unpaired) electrons. The summed E-state index contributed by atoms with van der Waals surface area (Å²) in [6.07, 6.45) is 2.08. The number of rotatable bonds is 6. The topological polar surface area (TPSA) is 82.2 Å². The van der Waals surface area contributed by atoms with E-state index in [1.54, 1.807) is 11.8 Å². The van der Waals surface area contributed by atoms with Gasteiger partial charge in [0.2, 0.25) is 0 Å². The zero-order chi connectivity index (χ0) is 20.7. The molecule has 1 atom stereocenters. The smallest absolute Gasteiger partial charge is 0.274 e. The van der Waals surface area contributed by atoms with Crippen LogP contribution in [0.2, 0.25) is 0 Å². The Bertz CT molecular complexity index is 1210. The second kappa shape index (κ2) is 7.33. The van der Waals surface area contributed by atoms with Gasteiger partial charge in [0.1, 0.15) is 5.76 Å². The minimum Gasteiger partial charge on any atom is -0.493 e. The van der Waals surface area contributed by atoms with E-state index < -0.39 is 0 Å². The van der Waals surface area contributed by atoms with Crippen molar-refractivity contribution < 1.29 is 13.9 Å². The van der Waals surface area contributed by atoms with Crippen LogP contribution in [0.5, 0.6) is 5.75 Å². The van der Waals surface area contributed by atoms with Crippen molar-refractivity contribution in [2.24, 2.45) is 0 Å². The van der Waals surface area contributed by atoms with E-state index >= 15 is 0 Å². The largest absolute Gasteiger partial charge is 0.493 e. The first-order chi connectivity index (χ1) is 14.7. The first-order valence-corrected chi connectivity index (χ1v) is 10.0. The van der Waals surface area contributed by atoms with Crippen LogP contribution >= 0.6 is 0 Å². The van der Waals surface area contributed by atoms with Gasteiger partial charge in [-0.05, 0) is 44.0 Å². The van der Waals surface area contributed by atoms with Gasteiger partial charge >= 0.3 is 0 Å². The third kappa shape index (κ3) is 3.22. The number of para-hydroxylation sites is 2. The summed E-state index contributed by atoms with van der Waals surface area (Å²) in [4.78, 5) is 13.1. The molecule has 1 unspecified atom stereocenters. The van der Waals surface area contributed by atoms with Crippen LogP contribution in [-0.2, 0) is 0 Å². The van der Waals surface area contributed by atoms with Crippen molar-refractivity contribution in [3.8, 4) is 11.4 Å². The number of benzene rings is 2. The number of hydrogen-bond acceptors (Lipinski definition) is 5. The highest BCUT2D eigenvalue weighted by atomic mass is 16.5. The van der Waals surface area contributed by atoms with Crippen LogP contribution in [-0.4, -0.2) is 28.0 Å². The molecule has 152 valence electrons. The highest BCUT2D eigenvalue weighted by molar-refractivity contribution is 5.94. The van der Waals surface area contributed by atoms with E-state index in [2.05, 4.69) is 15.6 Å². The first-order valence-electron chi connectivity index (χ1n) is 10.0. The minimum absolute atomic E-state index is 0.251. The lowest BCUT2D eigenvalue weighted by Gasteiger charge is -2.11. The Morgan fingerprint density at radius 1 is 1.20 bits per heavy atom. The Kier molecular flexibility index (Phi) is 4.50. The molecule has 7 nitrogen and oxygen atoms in total. The molecule has 2 heterocycles. The summed E-state index contributed by atoms with van der Waals surface area (Å²) in [5.74, 6) is 1.39. The summed E-state index contributed by atoms with van der Waals surface area (Å²) in [5, 5.41) is 12.4. The van der Waals surface area contributed by atoms with Gasteiger partial charge in [0, 0.05) is 11.3 Å². The maximum atomic E-state index is 13.1. The SMILES string of the molecule is COc1cccc2cc(C(C)NC(=O)c3nnn(-c4ccccc4)c3C3CC3)oc12. The summed E-state index contributed by atoms with van der Waals surface area (Å²) in [6, 6.07) is 17.1. The van der Waals surface area contributed by atoms with Crippen LogP contribution < -0.4 is 10.1 Å². The molecule has 2 aromatic heterocycles. The van der Waals surface area contributed by atoms with Crippen LogP contribution in [0.15, 0.2) is 59.0 Å². The maximum Gasteiger partial charge on any atom is 0.274 e. The Morgan fingerprint density at radius 3 is 2.73 bits per heavy atom. The fourth-order valence-electron chi connectivity index (χ4n) is 3.70. The van der Waals surface area contributed by atoms with Crippen molar-refractivity contribution in [1.82, 2.24) is 20.3 Å². The van der Waals surface area contributed by atoms with E-state index in [9.17, 15) is 4.79 Å². The summed E-state index contributed by atoms with van der Waals surface area (Å²) >= 11 is 0. The standard InChI is InChI=1S/C23H22N4O3/c1-14(19-13-16-7-6-10-18(29-2)22(16)30-19)24-23(28)20-21(15-11-12-15)27(26-25-20)17-8-4-3-5-9-17/h3-10,13-15H,11-12H2,1-2H3,(H,24,28). The number of aromatic nitrogens is 3. The van der Waals surface area contributed by atoms with E-state index in [0.717, 1.165) is 29.6 Å². The zero-order valence-corrected chi connectivity index (χ0v) is 16.8. The lowest BCUT2D eigenvalue weighted by atomic mass is 10.1. The lowest BCUT2D eigenvalue weighted by Crippen LogP contribution is -2.27. The summed E-state index contributed by atoms with van der Waals surface area (Å²) in [7, 11) is 1.61. The fraction of sp³-hybridized carbons (Fsp3) is 0.261. The molecular formula is C23H22N4O3. The van der Waals surface area contributed by atoms with Crippen molar-refractivity contribution in [3.63, 3.8) is 0 Å². The number of hydrogen-bond donors (Lipinski definition) is 1. The minimum atomic E-state index is -0.330. The van der Waals surface area contributed by atoms with Gasteiger partial charge in [0.25, 0.3) is 5.91 Å². The van der Waals surface area contributed by atoms with Gasteiger partial charge in [-0.25, -0.2) is 4.68 Å². The van der Waals surface area contributed by atoms with E-state index in [4.69, 9.17) is 9.15 Å². The van der Waals surface area contributed by atoms with Gasteiger partial charge in [0.05, 0.1) is 24.5 Å². The number of carbonyl (C=O) groups excluding carboxylic acids is 1. The zero-order valence-electron chi connectivity index (χ0n) is 16.8. The van der Waals surface area contributed by atoms with Crippen molar-refractivity contribution >= 4 is 16.9 Å². The molecule has 1 aliphatic rings. The third-order valence-electron chi connectivity index (χ3n) is 5.41. The molecule has 5 rings (SSSR count). The average molecular weight is 402 g/mol. The normalized spacial score (nSPS) is 14.6. The highest BCUT2D eigenvalue weighted by Gasteiger charge is 2.34. The molecule has 1 amide bonds. The van der Waals surface area contributed by atoms with Crippen LogP contribution in [0.4, 0.5) is 0 Å². The van der Waals surface area contributed by atoms with Gasteiger partial charge < -0.3 is 14.5 Å². The van der Waals surface area contributed by atoms with Gasteiger partial charge in [0.15, 0.2) is 17.0 Å². The molecule has 1 fully saturated rings. The van der Waals surface area contributed by atoms with Crippen molar-refractivity contribution in [1.29, 1.82) is 0 Å². The fourth-order valence-corrected chi connectivity index (χ4v) is 3.70. The van der Waals surface area contributed by atoms with E-state index in [1.165, 1.54) is 0 Å². The van der Waals surface area contributed by atoms with Gasteiger partial charge in [-0.15, -0.1) is 5.10 Å². The number of ether oxygens (including phenoxy) is 1. The molecular weight excluding hydrogens is 380 g/mol. The second-order valence-electron chi connectivity index (χ2n) is 7.57. The summed E-state index contributed by atoms with van der Waals surface area (Å²) in [5.41, 5.74) is 2.83. The van der Waals surface area contributed by atoms with Gasteiger partial charge in [-0.2, -0.15) is 0 Å². The molecule has 1 saturated carbocycles. The molecule has 0 spiro atoms. The molecule has 1 N–H and O–H groups in total. The number of amides is 1. The van der Waals surface area contributed by atoms with Gasteiger partial charge in [-0.1, -0.05) is 35.5 Å². The summed E-state index contributed by atoms with van der Waals surface area (Å²) in [6.45, 7) is 1.89. The molecule has 0 saturated heterocycles. The molecule has 0 aliphatic heterocycles. The highest BCUT2D eigenvalue weighted by Crippen LogP contribution is 2.42. The third-order valence-corrected chi connectivity index (χ3v) is 5.41. The van der Waals surface area contributed by atoms with Crippen LogP contribution in [0.1, 0.15) is 53.7 Å². The number of nitrogens with zero attached hydrogens (tertiary/aromatic N) is 3. The molecule has 2 aromatic carbocycles. The monoisotopic (exact) mass is 402 g/mol. The number of nitrogens with one attached hydrogen (secondary N) is 1. The van der Waals surface area contributed by atoms with Crippen LogP contribution in [0.25, 0.3) is 16.7 Å². The predicted molar refractivity (Wildman–Crippen MR) is 112 cm³/mol. The van der Waals surface area contributed by atoms with E-state index in [1.807, 2.05) is 61.5 Å². The lowest BCUT2D eigenvalue weighted by molar-refractivity contribution is 0.0929. The average Bonchev–Trinajstić information content (AvgIpc) is 3.35. The Balaban J connectivity index is 1.43. The molecule has 30 heavy (non-hydrogen) atoms. The van der Waals surface area contributed by atoms with Crippen LogP contribution in [0.3, 0.4) is 0 Å².